The van der Waals surface area contributed by atoms with E-state index in [1.54, 1.807) is 83.1 Å². The number of ether oxygens (including phenoxy) is 6. The average molecular weight is 575 g/mol. The van der Waals surface area contributed by atoms with E-state index in [2.05, 4.69) is 0 Å². The number of carbonyl (C=O) groups excluding carboxylic acids is 4. The van der Waals surface area contributed by atoms with Crippen LogP contribution in [-0.4, -0.2) is 71.9 Å². The third-order valence-corrected chi connectivity index (χ3v) is 5.73. The van der Waals surface area contributed by atoms with Gasteiger partial charge in [-0.3, -0.25) is 19.2 Å². The number of rotatable bonds is 6. The van der Waals surface area contributed by atoms with Crippen LogP contribution in [0.1, 0.15) is 90.0 Å². The second-order valence-electron chi connectivity index (χ2n) is 14.2. The predicted octanol–water partition coefficient (Wildman–Crippen LogP) is 4.26. The first kappa shape index (κ1) is 35.1. The average Bonchev–Trinajstić information content (AvgIpc) is 2.72. The highest BCUT2D eigenvalue weighted by molar-refractivity contribution is 5.78. The van der Waals surface area contributed by atoms with Crippen molar-refractivity contribution in [2.45, 2.75) is 120 Å². The van der Waals surface area contributed by atoms with Gasteiger partial charge < -0.3 is 33.5 Å². The van der Waals surface area contributed by atoms with Gasteiger partial charge in [-0.2, -0.15) is 0 Å². The lowest BCUT2D eigenvalue weighted by molar-refractivity contribution is -0.347. The molecule has 1 aliphatic rings. The molecule has 0 aliphatic carbocycles. The lowest BCUT2D eigenvalue weighted by Crippen LogP contribution is -2.69. The van der Waals surface area contributed by atoms with Crippen LogP contribution in [0, 0.1) is 21.7 Å². The van der Waals surface area contributed by atoms with Gasteiger partial charge in [-0.05, 0) is 83.1 Å². The lowest BCUT2D eigenvalue weighted by Gasteiger charge is -2.49. The molecule has 0 spiro atoms. The first-order valence-corrected chi connectivity index (χ1v) is 13.1. The molecule has 0 aromatic heterocycles. The van der Waals surface area contributed by atoms with Crippen LogP contribution in [0.2, 0.25) is 0 Å². The Hall–Kier alpha value is -2.89. The van der Waals surface area contributed by atoms with E-state index in [1.807, 2.05) is 0 Å². The van der Waals surface area contributed by atoms with Gasteiger partial charge in [-0.15, -0.1) is 0 Å². The number of carbonyl (C=O) groups is 5. The Morgan fingerprint density at radius 1 is 0.650 bits per heavy atom. The Kier molecular flexibility index (Phi) is 10.5. The molecule has 1 fully saturated rings. The summed E-state index contributed by atoms with van der Waals surface area (Å²) in [5.41, 5.74) is -4.07. The van der Waals surface area contributed by atoms with E-state index in [0.29, 0.717) is 0 Å². The Bertz CT molecular complexity index is 973. The largest absolute Gasteiger partial charge is 0.508 e. The molecule has 1 heterocycles. The highest BCUT2D eigenvalue weighted by Crippen LogP contribution is 2.39. The minimum absolute atomic E-state index is 0.528. The van der Waals surface area contributed by atoms with Crippen molar-refractivity contribution in [2.24, 2.45) is 21.7 Å². The quantitative estimate of drug-likeness (QED) is 0.355. The summed E-state index contributed by atoms with van der Waals surface area (Å²) in [4.78, 5) is 63.6. The fourth-order valence-corrected chi connectivity index (χ4v) is 3.21. The van der Waals surface area contributed by atoms with Crippen LogP contribution in [0.5, 0.6) is 0 Å². The summed E-state index contributed by atoms with van der Waals surface area (Å²) in [5, 5.41) is 9.55. The van der Waals surface area contributed by atoms with Gasteiger partial charge in [-0.1, -0.05) is 0 Å². The molecular weight excluding hydrogens is 528 g/mol. The van der Waals surface area contributed by atoms with Crippen molar-refractivity contribution in [3.8, 4) is 0 Å². The Morgan fingerprint density at radius 3 is 1.40 bits per heavy atom. The molecule has 1 unspecified atom stereocenters. The Labute approximate surface area is 236 Å². The molecular formula is C28H46O12. The van der Waals surface area contributed by atoms with Crippen molar-refractivity contribution in [1.82, 2.24) is 0 Å². The van der Waals surface area contributed by atoms with Crippen LogP contribution >= 0.6 is 0 Å². The lowest BCUT2D eigenvalue weighted by atomic mass is 9.90. The first-order valence-electron chi connectivity index (χ1n) is 13.1. The standard InChI is InChI=1S/C28H46O12/c1-24(2,3)19(29)35-14-15-16(36-20(30)25(4,5)6)17(37-21(31)26(7,8)9)18(38-22(32)27(10,11)12)28(13,39-15)40-23(33)34/h15-18H,14H2,1-13H3,(H,33,34)/t15-,16-,17+,18+,28?/m1/s1. The van der Waals surface area contributed by atoms with Crippen molar-refractivity contribution in [3.63, 3.8) is 0 Å². The fraction of sp³-hybridized carbons (Fsp3) is 0.821. The van der Waals surface area contributed by atoms with Crippen molar-refractivity contribution in [1.29, 1.82) is 0 Å². The maximum atomic E-state index is 13.1. The molecule has 0 aromatic rings. The highest BCUT2D eigenvalue weighted by atomic mass is 16.8. The van der Waals surface area contributed by atoms with Crippen molar-refractivity contribution in [3.05, 3.63) is 0 Å². The second-order valence-corrected chi connectivity index (χ2v) is 14.2. The summed E-state index contributed by atoms with van der Waals surface area (Å²) in [7, 11) is 0. The van der Waals surface area contributed by atoms with Crippen LogP contribution < -0.4 is 0 Å². The third kappa shape index (κ3) is 9.35. The van der Waals surface area contributed by atoms with Gasteiger partial charge in [0.05, 0.1) is 21.7 Å². The number of hydrogen-bond donors (Lipinski definition) is 1. The van der Waals surface area contributed by atoms with E-state index in [9.17, 15) is 29.1 Å². The van der Waals surface area contributed by atoms with E-state index < -0.39 is 88.5 Å². The molecule has 5 atom stereocenters. The van der Waals surface area contributed by atoms with Crippen molar-refractivity contribution in [2.75, 3.05) is 6.61 Å². The summed E-state index contributed by atoms with van der Waals surface area (Å²) < 4.78 is 33.7. The molecule has 12 nitrogen and oxygen atoms in total. The van der Waals surface area contributed by atoms with Crippen LogP contribution in [0.4, 0.5) is 4.79 Å². The van der Waals surface area contributed by atoms with Crippen LogP contribution in [0.25, 0.3) is 0 Å². The molecule has 12 heteroatoms. The number of carboxylic acid groups (broad SMARTS) is 1. The maximum Gasteiger partial charge on any atom is 0.508 e. The van der Waals surface area contributed by atoms with Gasteiger partial charge in [-0.25, -0.2) is 4.79 Å². The number of esters is 4. The second kappa shape index (κ2) is 11.9. The van der Waals surface area contributed by atoms with Crippen molar-refractivity contribution < 1.29 is 57.5 Å². The Balaban J connectivity index is 3.82. The number of hydrogen-bond acceptors (Lipinski definition) is 11. The maximum absolute atomic E-state index is 13.1. The highest BCUT2D eigenvalue weighted by Gasteiger charge is 2.61. The molecule has 0 radical (unpaired) electrons. The molecule has 0 amide bonds. The molecule has 40 heavy (non-hydrogen) atoms. The van der Waals surface area contributed by atoms with E-state index in [1.165, 1.54) is 6.92 Å². The molecule has 230 valence electrons. The van der Waals surface area contributed by atoms with E-state index >= 15 is 0 Å². The SMILES string of the molecule is CC(C)(C)C(=O)OC[C@H]1OC(C)(OC(=O)O)[C@@H](OC(=O)C(C)(C)C)[C@@H](OC(=O)C(C)(C)C)[C@@H]1OC(=O)C(C)(C)C. The molecule has 0 bridgehead atoms. The molecule has 1 N–H and O–H groups in total. The summed E-state index contributed by atoms with van der Waals surface area (Å²) >= 11 is 0. The normalized spacial score (nSPS) is 25.8. The molecule has 1 rings (SSSR count). The zero-order valence-electron chi connectivity index (χ0n) is 26.0. The summed E-state index contributed by atoms with van der Waals surface area (Å²) in [6.45, 7) is 19.8. The summed E-state index contributed by atoms with van der Waals surface area (Å²) in [6, 6.07) is 0. The molecule has 1 aliphatic heterocycles. The summed E-state index contributed by atoms with van der Waals surface area (Å²) in [5.74, 6) is -5.18. The van der Waals surface area contributed by atoms with Gasteiger partial charge in [0, 0.05) is 6.92 Å². The summed E-state index contributed by atoms with van der Waals surface area (Å²) in [6.07, 6.45) is -7.98. The fourth-order valence-electron chi connectivity index (χ4n) is 3.21. The molecule has 1 saturated heterocycles. The van der Waals surface area contributed by atoms with Gasteiger partial charge >= 0.3 is 30.0 Å². The van der Waals surface area contributed by atoms with Gasteiger partial charge in [0.15, 0.2) is 12.2 Å². The van der Waals surface area contributed by atoms with Crippen LogP contribution in [0.3, 0.4) is 0 Å². The van der Waals surface area contributed by atoms with Gasteiger partial charge in [0.1, 0.15) is 12.7 Å². The van der Waals surface area contributed by atoms with E-state index in [0.717, 1.165) is 0 Å². The third-order valence-electron chi connectivity index (χ3n) is 5.73. The topological polar surface area (TPSA) is 161 Å². The van der Waals surface area contributed by atoms with E-state index in [-0.39, 0.29) is 0 Å². The Morgan fingerprint density at radius 2 is 1.02 bits per heavy atom. The minimum Gasteiger partial charge on any atom is -0.462 e. The first-order chi connectivity index (χ1) is 17.7. The molecule has 0 aromatic carbocycles. The zero-order valence-corrected chi connectivity index (χ0v) is 26.0. The monoisotopic (exact) mass is 574 g/mol. The van der Waals surface area contributed by atoms with Gasteiger partial charge in [0.25, 0.3) is 5.79 Å². The molecule has 0 saturated carbocycles. The predicted molar refractivity (Wildman–Crippen MR) is 141 cm³/mol. The smallest absolute Gasteiger partial charge is 0.462 e. The minimum atomic E-state index is -2.26. The van der Waals surface area contributed by atoms with E-state index in [4.69, 9.17) is 28.4 Å². The van der Waals surface area contributed by atoms with Crippen LogP contribution in [0.15, 0.2) is 0 Å². The van der Waals surface area contributed by atoms with Crippen molar-refractivity contribution >= 4 is 30.0 Å². The van der Waals surface area contributed by atoms with Crippen LogP contribution in [-0.2, 0) is 47.6 Å². The zero-order chi connectivity index (χ0) is 31.6. The van der Waals surface area contributed by atoms with Gasteiger partial charge in [0.2, 0.25) is 6.10 Å².